The van der Waals surface area contributed by atoms with Crippen molar-refractivity contribution >= 4 is 11.4 Å². The number of benzene rings is 1. The summed E-state index contributed by atoms with van der Waals surface area (Å²) in [7, 11) is 2.02. The van der Waals surface area contributed by atoms with Gasteiger partial charge in [0.1, 0.15) is 5.75 Å². The summed E-state index contributed by atoms with van der Waals surface area (Å²) >= 11 is 0. The quantitative estimate of drug-likeness (QED) is 0.832. The molecule has 20 heavy (non-hydrogen) atoms. The summed E-state index contributed by atoms with van der Waals surface area (Å²) in [5.74, 6) is 0.784. The van der Waals surface area contributed by atoms with Crippen LogP contribution in [0, 0.1) is 0 Å². The van der Waals surface area contributed by atoms with Gasteiger partial charge in [0, 0.05) is 30.6 Å². The fourth-order valence-electron chi connectivity index (χ4n) is 2.88. The summed E-state index contributed by atoms with van der Waals surface area (Å²) in [5.41, 5.74) is 7.66. The minimum absolute atomic E-state index is 0.121. The second kappa shape index (κ2) is 6.35. The van der Waals surface area contributed by atoms with Crippen molar-refractivity contribution in [3.05, 3.63) is 18.2 Å². The van der Waals surface area contributed by atoms with Gasteiger partial charge in [-0.1, -0.05) is 12.8 Å². The normalized spacial score (nSPS) is 22.9. The van der Waals surface area contributed by atoms with Gasteiger partial charge in [0.15, 0.2) is 0 Å². The Bertz CT molecular complexity index is 448. The average molecular weight is 278 g/mol. The van der Waals surface area contributed by atoms with Gasteiger partial charge in [0.25, 0.3) is 0 Å². The number of nitrogen functional groups attached to an aromatic ring is 1. The van der Waals surface area contributed by atoms with Gasteiger partial charge in [0.2, 0.25) is 0 Å². The van der Waals surface area contributed by atoms with E-state index in [2.05, 4.69) is 4.90 Å². The summed E-state index contributed by atoms with van der Waals surface area (Å²) in [6, 6.07) is 5.94. The highest BCUT2D eigenvalue weighted by molar-refractivity contribution is 5.60. The van der Waals surface area contributed by atoms with E-state index in [0.717, 1.165) is 30.7 Å². The zero-order chi connectivity index (χ0) is 14.7. The van der Waals surface area contributed by atoms with Crippen molar-refractivity contribution in [1.82, 2.24) is 0 Å². The Balaban J connectivity index is 2.20. The Labute approximate surface area is 121 Å². The number of rotatable bonds is 4. The monoisotopic (exact) mass is 278 g/mol. The molecule has 0 spiro atoms. The molecule has 1 aromatic carbocycles. The zero-order valence-corrected chi connectivity index (χ0v) is 12.7. The van der Waals surface area contributed by atoms with E-state index in [1.807, 2.05) is 39.1 Å². The lowest BCUT2D eigenvalue weighted by atomic mass is 9.91. The van der Waals surface area contributed by atoms with Gasteiger partial charge in [-0.25, -0.2) is 0 Å². The fraction of sp³-hybridized carbons (Fsp3) is 0.625. The highest BCUT2D eigenvalue weighted by Gasteiger charge is 2.27. The molecule has 1 aromatic rings. The third-order valence-electron chi connectivity index (χ3n) is 3.88. The van der Waals surface area contributed by atoms with Crippen LogP contribution in [0.1, 0.15) is 39.5 Å². The summed E-state index contributed by atoms with van der Waals surface area (Å²) in [5, 5.41) is 10.2. The molecule has 1 aliphatic rings. The summed E-state index contributed by atoms with van der Waals surface area (Å²) in [4.78, 5) is 2.13. The number of aliphatic hydroxyl groups excluding tert-OH is 1. The van der Waals surface area contributed by atoms with Crippen molar-refractivity contribution in [2.24, 2.45) is 0 Å². The molecule has 0 amide bonds. The standard InChI is InChI=1S/C16H26N2O2/c1-11(2)20-14-9-12(17)8-13(10-14)18(3)15-6-4-5-7-16(15)19/h8-11,15-16,19H,4-7,17H2,1-3H3. The molecule has 4 heteroatoms. The zero-order valence-electron chi connectivity index (χ0n) is 12.7. The molecule has 2 rings (SSSR count). The Morgan fingerprint density at radius 2 is 1.95 bits per heavy atom. The highest BCUT2D eigenvalue weighted by Crippen LogP contribution is 2.31. The van der Waals surface area contributed by atoms with Crippen molar-refractivity contribution in [1.29, 1.82) is 0 Å². The van der Waals surface area contributed by atoms with E-state index in [-0.39, 0.29) is 18.2 Å². The van der Waals surface area contributed by atoms with Crippen LogP contribution in [0.25, 0.3) is 0 Å². The van der Waals surface area contributed by atoms with Gasteiger partial charge < -0.3 is 20.5 Å². The maximum absolute atomic E-state index is 10.2. The molecule has 4 nitrogen and oxygen atoms in total. The number of aliphatic hydroxyl groups is 1. The van der Waals surface area contributed by atoms with Crippen LogP contribution in [-0.2, 0) is 0 Å². The van der Waals surface area contributed by atoms with Crippen LogP contribution < -0.4 is 15.4 Å². The molecule has 0 saturated heterocycles. The first-order valence-electron chi connectivity index (χ1n) is 7.45. The third-order valence-corrected chi connectivity index (χ3v) is 3.88. The van der Waals surface area contributed by atoms with E-state index < -0.39 is 0 Å². The van der Waals surface area contributed by atoms with Crippen LogP contribution in [0.15, 0.2) is 18.2 Å². The minimum Gasteiger partial charge on any atom is -0.491 e. The Morgan fingerprint density at radius 3 is 2.60 bits per heavy atom. The van der Waals surface area contributed by atoms with Gasteiger partial charge in [-0.15, -0.1) is 0 Å². The smallest absolute Gasteiger partial charge is 0.123 e. The second-order valence-corrected chi connectivity index (χ2v) is 5.96. The molecule has 3 N–H and O–H groups in total. The predicted octanol–water partition coefficient (Wildman–Crippen LogP) is 2.80. The van der Waals surface area contributed by atoms with Crippen molar-refractivity contribution in [2.45, 2.75) is 57.8 Å². The van der Waals surface area contributed by atoms with E-state index in [1.165, 1.54) is 6.42 Å². The summed E-state index contributed by atoms with van der Waals surface area (Å²) < 4.78 is 5.73. The molecule has 0 radical (unpaired) electrons. The lowest BCUT2D eigenvalue weighted by molar-refractivity contribution is 0.106. The van der Waals surface area contributed by atoms with Gasteiger partial charge in [-0.2, -0.15) is 0 Å². The van der Waals surface area contributed by atoms with Crippen LogP contribution in [0.4, 0.5) is 11.4 Å². The maximum atomic E-state index is 10.2. The molecule has 2 unspecified atom stereocenters. The van der Waals surface area contributed by atoms with Crippen molar-refractivity contribution < 1.29 is 9.84 Å². The first kappa shape index (κ1) is 15.0. The lowest BCUT2D eigenvalue weighted by Crippen LogP contribution is -2.43. The molecular weight excluding hydrogens is 252 g/mol. The van der Waals surface area contributed by atoms with Gasteiger partial charge in [-0.05, 0) is 32.8 Å². The van der Waals surface area contributed by atoms with Gasteiger partial charge in [0.05, 0.1) is 18.2 Å². The Morgan fingerprint density at radius 1 is 1.25 bits per heavy atom. The fourth-order valence-corrected chi connectivity index (χ4v) is 2.88. The number of hydrogen-bond acceptors (Lipinski definition) is 4. The first-order valence-corrected chi connectivity index (χ1v) is 7.45. The molecular formula is C16H26N2O2. The van der Waals surface area contributed by atoms with Crippen molar-refractivity contribution in [3.8, 4) is 5.75 Å². The molecule has 1 aliphatic carbocycles. The Kier molecular flexibility index (Phi) is 4.76. The number of ether oxygens (including phenoxy) is 1. The van der Waals surface area contributed by atoms with Crippen LogP contribution in [0.5, 0.6) is 5.75 Å². The van der Waals surface area contributed by atoms with Gasteiger partial charge >= 0.3 is 0 Å². The highest BCUT2D eigenvalue weighted by atomic mass is 16.5. The molecule has 0 heterocycles. The number of anilines is 2. The van der Waals surface area contributed by atoms with Crippen LogP contribution >= 0.6 is 0 Å². The molecule has 112 valence electrons. The molecule has 0 aliphatic heterocycles. The average Bonchev–Trinajstić information content (AvgIpc) is 2.37. The van der Waals surface area contributed by atoms with Crippen LogP contribution in [0.3, 0.4) is 0 Å². The van der Waals surface area contributed by atoms with E-state index >= 15 is 0 Å². The molecule has 0 aromatic heterocycles. The number of likely N-dealkylation sites (N-methyl/N-ethyl adjacent to an activating group) is 1. The molecule has 1 fully saturated rings. The summed E-state index contributed by atoms with van der Waals surface area (Å²) in [6.45, 7) is 3.99. The Hall–Kier alpha value is -1.42. The molecule has 2 atom stereocenters. The lowest BCUT2D eigenvalue weighted by Gasteiger charge is -2.36. The molecule has 1 saturated carbocycles. The minimum atomic E-state index is -0.260. The van der Waals surface area contributed by atoms with E-state index in [4.69, 9.17) is 10.5 Å². The number of hydrogen-bond donors (Lipinski definition) is 2. The van der Waals surface area contributed by atoms with E-state index in [9.17, 15) is 5.11 Å². The number of nitrogens with zero attached hydrogens (tertiary/aromatic N) is 1. The summed E-state index contributed by atoms with van der Waals surface area (Å²) in [6.07, 6.45) is 4.05. The molecule has 0 bridgehead atoms. The third kappa shape index (κ3) is 3.57. The van der Waals surface area contributed by atoms with Crippen LogP contribution in [-0.4, -0.2) is 30.4 Å². The second-order valence-electron chi connectivity index (χ2n) is 5.96. The van der Waals surface area contributed by atoms with Crippen molar-refractivity contribution in [2.75, 3.05) is 17.7 Å². The van der Waals surface area contributed by atoms with E-state index in [0.29, 0.717) is 5.69 Å². The topological polar surface area (TPSA) is 58.7 Å². The maximum Gasteiger partial charge on any atom is 0.123 e. The van der Waals surface area contributed by atoms with E-state index in [1.54, 1.807) is 0 Å². The van der Waals surface area contributed by atoms with Crippen molar-refractivity contribution in [3.63, 3.8) is 0 Å². The number of nitrogens with two attached hydrogens (primary N) is 1. The predicted molar refractivity (Wildman–Crippen MR) is 83.3 cm³/mol. The largest absolute Gasteiger partial charge is 0.491 e. The van der Waals surface area contributed by atoms with Crippen LogP contribution in [0.2, 0.25) is 0 Å². The van der Waals surface area contributed by atoms with Gasteiger partial charge in [-0.3, -0.25) is 0 Å². The SMILES string of the molecule is CC(C)Oc1cc(N)cc(N(C)C2CCCCC2O)c1. The first-order chi connectivity index (χ1) is 9.47.